The van der Waals surface area contributed by atoms with Gasteiger partial charge in [0.25, 0.3) is 0 Å². The van der Waals surface area contributed by atoms with Crippen molar-refractivity contribution in [1.82, 2.24) is 19.7 Å². The van der Waals surface area contributed by atoms with Crippen molar-refractivity contribution in [1.29, 1.82) is 0 Å². The van der Waals surface area contributed by atoms with Crippen LogP contribution in [0.3, 0.4) is 0 Å². The molecule has 0 N–H and O–H groups in total. The van der Waals surface area contributed by atoms with Gasteiger partial charge < -0.3 is 9.80 Å². The first-order chi connectivity index (χ1) is 15.1. The van der Waals surface area contributed by atoms with Crippen molar-refractivity contribution in [2.24, 2.45) is 0 Å². The standard InChI is InChI=1S/C25H32N6/c1-19-9-7-14-26-24(19)22-12-6-13-23(28(22)2)25-29(3)20-10-4-5-11-21(20)31(25)18-17-30-16-8-15-27-30/h4-5,7-11,14-16,22-23,25H,6,12-13,17-18H2,1-3H3/t22-,23+,25?/m0/s1. The Labute approximate surface area is 185 Å². The van der Waals surface area contributed by atoms with Gasteiger partial charge in [-0.15, -0.1) is 0 Å². The number of anilines is 2. The van der Waals surface area contributed by atoms with Crippen molar-refractivity contribution in [3.8, 4) is 0 Å². The van der Waals surface area contributed by atoms with Crippen LogP contribution in [-0.2, 0) is 6.54 Å². The molecule has 162 valence electrons. The average molecular weight is 417 g/mol. The summed E-state index contributed by atoms with van der Waals surface area (Å²) in [4.78, 5) is 12.4. The summed E-state index contributed by atoms with van der Waals surface area (Å²) in [6.45, 7) is 4.00. The third-order valence-electron chi connectivity index (χ3n) is 7.12. The van der Waals surface area contributed by atoms with E-state index in [1.54, 1.807) is 0 Å². The van der Waals surface area contributed by atoms with Gasteiger partial charge in [-0.3, -0.25) is 14.6 Å². The summed E-state index contributed by atoms with van der Waals surface area (Å²) in [6.07, 6.45) is 9.73. The number of benzene rings is 1. The van der Waals surface area contributed by atoms with Crippen LogP contribution in [0.15, 0.2) is 61.1 Å². The smallest absolute Gasteiger partial charge is 0.117 e. The summed E-state index contributed by atoms with van der Waals surface area (Å²) in [5.41, 5.74) is 5.17. The number of hydrogen-bond acceptors (Lipinski definition) is 5. The molecule has 6 nitrogen and oxygen atoms in total. The normalized spacial score (nSPS) is 23.9. The van der Waals surface area contributed by atoms with Gasteiger partial charge in [-0.2, -0.15) is 5.10 Å². The van der Waals surface area contributed by atoms with Crippen molar-refractivity contribution in [3.63, 3.8) is 0 Å². The van der Waals surface area contributed by atoms with Gasteiger partial charge in [0, 0.05) is 38.2 Å². The third-order valence-corrected chi connectivity index (χ3v) is 7.12. The van der Waals surface area contributed by atoms with E-state index in [1.807, 2.05) is 35.4 Å². The van der Waals surface area contributed by atoms with Gasteiger partial charge >= 0.3 is 0 Å². The highest BCUT2D eigenvalue weighted by atomic mass is 15.4. The van der Waals surface area contributed by atoms with E-state index in [0.717, 1.165) is 13.1 Å². The van der Waals surface area contributed by atoms with Gasteiger partial charge in [0.15, 0.2) is 0 Å². The number of aromatic nitrogens is 3. The molecule has 0 radical (unpaired) electrons. The van der Waals surface area contributed by atoms with Crippen LogP contribution in [0.5, 0.6) is 0 Å². The number of likely N-dealkylation sites (tertiary alicyclic amines) is 1. The van der Waals surface area contributed by atoms with E-state index in [-0.39, 0.29) is 0 Å². The molecule has 4 heterocycles. The van der Waals surface area contributed by atoms with Crippen LogP contribution in [0.2, 0.25) is 0 Å². The molecule has 1 fully saturated rings. The van der Waals surface area contributed by atoms with Crippen molar-refractivity contribution >= 4 is 11.4 Å². The summed E-state index contributed by atoms with van der Waals surface area (Å²) in [5, 5.41) is 4.42. The second kappa shape index (κ2) is 8.35. The molecular weight excluding hydrogens is 384 g/mol. The van der Waals surface area contributed by atoms with E-state index in [2.05, 4.69) is 71.1 Å². The van der Waals surface area contributed by atoms with E-state index in [4.69, 9.17) is 4.98 Å². The summed E-state index contributed by atoms with van der Waals surface area (Å²) in [7, 11) is 4.55. The van der Waals surface area contributed by atoms with Crippen LogP contribution in [0.1, 0.15) is 36.6 Å². The zero-order chi connectivity index (χ0) is 21.4. The second-order valence-electron chi connectivity index (χ2n) is 8.86. The Balaban J connectivity index is 1.45. The lowest BCUT2D eigenvalue weighted by molar-refractivity contribution is 0.0923. The Hall–Kier alpha value is -2.86. The average Bonchev–Trinajstić information content (AvgIpc) is 3.40. The summed E-state index contributed by atoms with van der Waals surface area (Å²) in [6, 6.07) is 15.8. The van der Waals surface area contributed by atoms with E-state index >= 15 is 0 Å². The van der Waals surface area contributed by atoms with Crippen LogP contribution >= 0.6 is 0 Å². The SMILES string of the molecule is Cc1cccnc1[C@@H]1CCC[C@H](C2N(C)c3ccccc3N2CCn2cccn2)N1C. The minimum atomic E-state index is 0.296. The lowest BCUT2D eigenvalue weighted by Crippen LogP contribution is -2.58. The van der Waals surface area contributed by atoms with E-state index in [1.165, 1.54) is 41.9 Å². The quantitative estimate of drug-likeness (QED) is 0.626. The largest absolute Gasteiger partial charge is 0.351 e. The van der Waals surface area contributed by atoms with Gasteiger partial charge in [0.2, 0.25) is 0 Å². The van der Waals surface area contributed by atoms with Crippen LogP contribution in [0.25, 0.3) is 0 Å². The van der Waals surface area contributed by atoms with Gasteiger partial charge in [-0.05, 0) is 63.1 Å². The second-order valence-corrected chi connectivity index (χ2v) is 8.86. The first-order valence-corrected chi connectivity index (χ1v) is 11.3. The molecule has 2 aliphatic rings. The highest BCUT2D eigenvalue weighted by Gasteiger charge is 2.43. The molecule has 0 aliphatic carbocycles. The van der Waals surface area contributed by atoms with Crippen LogP contribution in [0, 0.1) is 6.92 Å². The van der Waals surface area contributed by atoms with Crippen LogP contribution in [-0.4, -0.2) is 52.5 Å². The van der Waals surface area contributed by atoms with E-state index < -0.39 is 0 Å². The lowest BCUT2D eigenvalue weighted by atomic mass is 9.90. The molecule has 1 unspecified atom stereocenters. The Bertz CT molecular complexity index is 1020. The van der Waals surface area contributed by atoms with E-state index in [9.17, 15) is 0 Å². The number of aryl methyl sites for hydroxylation is 1. The number of nitrogens with zero attached hydrogens (tertiary/aromatic N) is 6. The number of para-hydroxylation sites is 2. The zero-order valence-corrected chi connectivity index (χ0v) is 18.7. The Morgan fingerprint density at radius 2 is 1.77 bits per heavy atom. The summed E-state index contributed by atoms with van der Waals surface area (Å²) < 4.78 is 2.03. The predicted octanol–water partition coefficient (Wildman–Crippen LogP) is 4.09. The van der Waals surface area contributed by atoms with Crippen molar-refractivity contribution in [2.45, 2.75) is 51.0 Å². The van der Waals surface area contributed by atoms with Gasteiger partial charge in [0.1, 0.15) is 6.17 Å². The number of pyridine rings is 1. The monoisotopic (exact) mass is 416 g/mol. The highest BCUT2D eigenvalue weighted by molar-refractivity contribution is 5.77. The Morgan fingerprint density at radius 1 is 0.935 bits per heavy atom. The number of fused-ring (bicyclic) bond motifs is 1. The van der Waals surface area contributed by atoms with Gasteiger partial charge in [0.05, 0.1) is 29.7 Å². The van der Waals surface area contributed by atoms with Crippen LogP contribution in [0.4, 0.5) is 11.4 Å². The molecule has 1 saturated heterocycles. The molecule has 5 rings (SSSR count). The third kappa shape index (κ3) is 3.59. The summed E-state index contributed by atoms with van der Waals surface area (Å²) in [5.74, 6) is 0. The molecule has 0 spiro atoms. The van der Waals surface area contributed by atoms with Crippen LogP contribution < -0.4 is 9.80 Å². The maximum Gasteiger partial charge on any atom is 0.117 e. The first-order valence-electron chi connectivity index (χ1n) is 11.3. The number of hydrogen-bond donors (Lipinski definition) is 0. The molecule has 31 heavy (non-hydrogen) atoms. The number of piperidine rings is 1. The van der Waals surface area contributed by atoms with Gasteiger partial charge in [-0.1, -0.05) is 18.2 Å². The number of rotatable bonds is 5. The molecule has 2 aliphatic heterocycles. The maximum absolute atomic E-state index is 4.78. The molecule has 1 aromatic carbocycles. The topological polar surface area (TPSA) is 40.4 Å². The molecule has 2 aromatic heterocycles. The fourth-order valence-electron chi connectivity index (χ4n) is 5.56. The Morgan fingerprint density at radius 3 is 2.55 bits per heavy atom. The molecule has 0 amide bonds. The molecular formula is C25H32N6. The lowest BCUT2D eigenvalue weighted by Gasteiger charge is -2.47. The zero-order valence-electron chi connectivity index (χ0n) is 18.7. The van der Waals surface area contributed by atoms with Gasteiger partial charge in [-0.25, -0.2) is 0 Å². The van der Waals surface area contributed by atoms with Crippen molar-refractivity contribution in [3.05, 3.63) is 72.3 Å². The fraction of sp³-hybridized carbons (Fsp3) is 0.440. The molecule has 3 atom stereocenters. The molecule has 6 heteroatoms. The summed E-state index contributed by atoms with van der Waals surface area (Å²) >= 11 is 0. The van der Waals surface area contributed by atoms with E-state index in [0.29, 0.717) is 18.2 Å². The Kier molecular flexibility index (Phi) is 5.40. The number of likely N-dealkylation sites (N-methyl/N-ethyl adjacent to an activating group) is 2. The molecule has 3 aromatic rings. The molecule has 0 saturated carbocycles. The minimum absolute atomic E-state index is 0.296. The first kappa shape index (κ1) is 20.1. The molecule has 0 bridgehead atoms. The van der Waals surface area contributed by atoms with Crippen molar-refractivity contribution < 1.29 is 0 Å². The highest BCUT2D eigenvalue weighted by Crippen LogP contribution is 2.44. The maximum atomic E-state index is 4.78. The van der Waals surface area contributed by atoms with Crippen molar-refractivity contribution in [2.75, 3.05) is 30.4 Å². The fourth-order valence-corrected chi connectivity index (χ4v) is 5.56. The predicted molar refractivity (Wildman–Crippen MR) is 125 cm³/mol. The minimum Gasteiger partial charge on any atom is -0.351 e.